The molecule has 0 aliphatic carbocycles. The average Bonchev–Trinajstić information content (AvgIpc) is 1.89. The number of alkyl halides is 1. The maximum Gasteiger partial charge on any atom is 0.100 e. The number of hydrogen-bond donors (Lipinski definition) is 1. The minimum absolute atomic E-state index is 0.193. The lowest BCUT2D eigenvalue weighted by Gasteiger charge is -2.04. The van der Waals surface area contributed by atoms with Crippen LogP contribution in [-0.4, -0.2) is 17.9 Å². The molecule has 1 nitrogen and oxygen atoms in total. The Morgan fingerprint density at radius 1 is 1.30 bits per heavy atom. The average molecular weight is 148 g/mol. The summed E-state index contributed by atoms with van der Waals surface area (Å²) in [5.41, 5.74) is 0. The lowest BCUT2D eigenvalue weighted by Crippen LogP contribution is -1.99. The van der Waals surface area contributed by atoms with Gasteiger partial charge in [0, 0.05) is 6.61 Å². The van der Waals surface area contributed by atoms with Crippen LogP contribution in [0.3, 0.4) is 0 Å². The molecule has 0 aromatic carbocycles. The maximum atomic E-state index is 12.6. The predicted octanol–water partition coefficient (Wildman–Crippen LogP) is 2.29. The Hall–Kier alpha value is -0.110. The van der Waals surface area contributed by atoms with Crippen LogP contribution in [0.1, 0.15) is 39.0 Å². The summed E-state index contributed by atoms with van der Waals surface area (Å²) in [7, 11) is 0. The summed E-state index contributed by atoms with van der Waals surface area (Å²) in [4.78, 5) is 0. The number of aliphatic hydroxyl groups excluding tert-OH is 1. The summed E-state index contributed by atoms with van der Waals surface area (Å²) in [5.74, 6) is 0. The minimum atomic E-state index is -0.642. The van der Waals surface area contributed by atoms with E-state index in [0.717, 1.165) is 19.3 Å². The Morgan fingerprint density at radius 3 is 2.50 bits per heavy atom. The second-order valence-corrected chi connectivity index (χ2v) is 2.61. The fraction of sp³-hybridized carbons (Fsp3) is 1.00. The van der Waals surface area contributed by atoms with Crippen molar-refractivity contribution < 1.29 is 9.50 Å². The van der Waals surface area contributed by atoms with Gasteiger partial charge in [-0.05, 0) is 25.7 Å². The molecule has 0 rings (SSSR count). The molecule has 2 heteroatoms. The van der Waals surface area contributed by atoms with Crippen LogP contribution in [0.4, 0.5) is 4.39 Å². The number of unbranched alkanes of at least 4 members (excludes halogenated alkanes) is 1. The molecule has 0 aromatic rings. The monoisotopic (exact) mass is 148 g/mol. The van der Waals surface area contributed by atoms with Crippen LogP contribution >= 0.6 is 0 Å². The zero-order chi connectivity index (χ0) is 7.82. The van der Waals surface area contributed by atoms with Crippen molar-refractivity contribution in [1.82, 2.24) is 0 Å². The molecule has 0 heterocycles. The van der Waals surface area contributed by atoms with Gasteiger partial charge in [0.1, 0.15) is 6.17 Å². The fourth-order valence-electron chi connectivity index (χ4n) is 0.935. The second-order valence-electron chi connectivity index (χ2n) is 2.61. The van der Waals surface area contributed by atoms with Gasteiger partial charge in [-0.25, -0.2) is 4.39 Å². The SMILES string of the molecule is CCCC(F)CCCCO. The molecule has 0 aliphatic heterocycles. The molecule has 0 aliphatic rings. The van der Waals surface area contributed by atoms with Gasteiger partial charge in [-0.15, -0.1) is 0 Å². The highest BCUT2D eigenvalue weighted by Gasteiger charge is 2.02. The van der Waals surface area contributed by atoms with Gasteiger partial charge in [0.05, 0.1) is 0 Å². The molecule has 0 amide bonds. The highest BCUT2D eigenvalue weighted by Crippen LogP contribution is 2.09. The van der Waals surface area contributed by atoms with E-state index in [1.165, 1.54) is 0 Å². The summed E-state index contributed by atoms with van der Waals surface area (Å²) in [5, 5.41) is 8.39. The van der Waals surface area contributed by atoms with Crippen molar-refractivity contribution in [3.05, 3.63) is 0 Å². The Balaban J connectivity index is 2.97. The first-order valence-electron chi connectivity index (χ1n) is 4.06. The lowest BCUT2D eigenvalue weighted by molar-refractivity contribution is 0.254. The largest absolute Gasteiger partial charge is 0.396 e. The first-order chi connectivity index (χ1) is 4.81. The molecule has 0 saturated carbocycles. The van der Waals surface area contributed by atoms with E-state index in [1.807, 2.05) is 6.92 Å². The number of aliphatic hydroxyl groups is 1. The predicted molar refractivity (Wildman–Crippen MR) is 40.7 cm³/mol. The molecule has 1 N–H and O–H groups in total. The molecule has 0 aromatic heterocycles. The van der Waals surface area contributed by atoms with Crippen molar-refractivity contribution in [1.29, 1.82) is 0 Å². The molecular formula is C8H17FO. The lowest BCUT2D eigenvalue weighted by atomic mass is 10.1. The van der Waals surface area contributed by atoms with Crippen LogP contribution < -0.4 is 0 Å². The van der Waals surface area contributed by atoms with E-state index in [0.29, 0.717) is 12.8 Å². The van der Waals surface area contributed by atoms with Crippen molar-refractivity contribution in [3.63, 3.8) is 0 Å². The third kappa shape index (κ3) is 6.02. The van der Waals surface area contributed by atoms with Crippen LogP contribution in [0.25, 0.3) is 0 Å². The summed E-state index contributed by atoms with van der Waals surface area (Å²) in [6, 6.07) is 0. The minimum Gasteiger partial charge on any atom is -0.396 e. The summed E-state index contributed by atoms with van der Waals surface area (Å²) >= 11 is 0. The molecule has 1 atom stereocenters. The molecule has 0 spiro atoms. The topological polar surface area (TPSA) is 20.2 Å². The molecule has 10 heavy (non-hydrogen) atoms. The zero-order valence-electron chi connectivity index (χ0n) is 6.65. The van der Waals surface area contributed by atoms with E-state index < -0.39 is 6.17 Å². The highest BCUT2D eigenvalue weighted by molar-refractivity contribution is 4.54. The quantitative estimate of drug-likeness (QED) is 0.573. The molecule has 0 fully saturated rings. The van der Waals surface area contributed by atoms with Crippen LogP contribution in [0.2, 0.25) is 0 Å². The summed E-state index contributed by atoms with van der Waals surface area (Å²) in [6.45, 7) is 2.18. The van der Waals surface area contributed by atoms with Crippen molar-refractivity contribution in [2.75, 3.05) is 6.61 Å². The first kappa shape index (κ1) is 9.89. The van der Waals surface area contributed by atoms with E-state index in [-0.39, 0.29) is 6.61 Å². The summed E-state index contributed by atoms with van der Waals surface area (Å²) < 4.78 is 12.6. The molecule has 1 unspecified atom stereocenters. The fourth-order valence-corrected chi connectivity index (χ4v) is 0.935. The van der Waals surface area contributed by atoms with E-state index in [1.54, 1.807) is 0 Å². The molecular weight excluding hydrogens is 131 g/mol. The van der Waals surface area contributed by atoms with Crippen molar-refractivity contribution >= 4 is 0 Å². The van der Waals surface area contributed by atoms with E-state index in [2.05, 4.69) is 0 Å². The number of hydrogen-bond acceptors (Lipinski definition) is 1. The Bertz CT molecular complexity index is 66.3. The van der Waals surface area contributed by atoms with Crippen LogP contribution in [0.5, 0.6) is 0 Å². The molecule has 0 bridgehead atoms. The van der Waals surface area contributed by atoms with Crippen molar-refractivity contribution in [3.8, 4) is 0 Å². The van der Waals surface area contributed by atoms with Gasteiger partial charge in [-0.2, -0.15) is 0 Å². The highest BCUT2D eigenvalue weighted by atomic mass is 19.1. The summed E-state index contributed by atoms with van der Waals surface area (Å²) in [6.07, 6.45) is 3.12. The third-order valence-corrected chi connectivity index (χ3v) is 1.53. The third-order valence-electron chi connectivity index (χ3n) is 1.53. The number of rotatable bonds is 6. The molecule has 0 saturated heterocycles. The van der Waals surface area contributed by atoms with Gasteiger partial charge in [0.2, 0.25) is 0 Å². The van der Waals surface area contributed by atoms with E-state index in [4.69, 9.17) is 5.11 Å². The molecule has 0 radical (unpaired) electrons. The smallest absolute Gasteiger partial charge is 0.100 e. The Labute approximate surface area is 62.3 Å². The van der Waals surface area contributed by atoms with Gasteiger partial charge in [-0.3, -0.25) is 0 Å². The van der Waals surface area contributed by atoms with E-state index in [9.17, 15) is 4.39 Å². The normalized spacial score (nSPS) is 13.5. The zero-order valence-corrected chi connectivity index (χ0v) is 6.65. The Morgan fingerprint density at radius 2 is 2.00 bits per heavy atom. The van der Waals surface area contributed by atoms with Gasteiger partial charge in [0.25, 0.3) is 0 Å². The van der Waals surface area contributed by atoms with Gasteiger partial charge >= 0.3 is 0 Å². The molecule has 62 valence electrons. The number of halogens is 1. The van der Waals surface area contributed by atoms with Crippen molar-refractivity contribution in [2.45, 2.75) is 45.2 Å². The Kier molecular flexibility index (Phi) is 6.93. The van der Waals surface area contributed by atoms with Crippen LogP contribution in [0, 0.1) is 0 Å². The van der Waals surface area contributed by atoms with E-state index >= 15 is 0 Å². The van der Waals surface area contributed by atoms with Crippen LogP contribution in [0.15, 0.2) is 0 Å². The van der Waals surface area contributed by atoms with Gasteiger partial charge < -0.3 is 5.11 Å². The van der Waals surface area contributed by atoms with Crippen LogP contribution in [-0.2, 0) is 0 Å². The van der Waals surface area contributed by atoms with Gasteiger partial charge in [0.15, 0.2) is 0 Å². The van der Waals surface area contributed by atoms with Crippen molar-refractivity contribution in [2.24, 2.45) is 0 Å². The standard InChI is InChI=1S/C8H17FO/c1-2-5-8(9)6-3-4-7-10/h8,10H,2-7H2,1H3. The maximum absolute atomic E-state index is 12.6. The second kappa shape index (κ2) is 7.00. The first-order valence-corrected chi connectivity index (χ1v) is 4.06. The van der Waals surface area contributed by atoms with Gasteiger partial charge in [-0.1, -0.05) is 13.3 Å².